The molecular formula is C20H33N5O2. The summed E-state index contributed by atoms with van der Waals surface area (Å²) in [5.74, 6) is 2.53. The number of ether oxygens (including phenoxy) is 2. The minimum atomic E-state index is 0.319. The summed E-state index contributed by atoms with van der Waals surface area (Å²) >= 11 is 0. The molecule has 1 aromatic rings. The zero-order chi connectivity index (χ0) is 19.1. The number of hydrogen-bond donors (Lipinski definition) is 2. The fourth-order valence-corrected chi connectivity index (χ4v) is 3.54. The Morgan fingerprint density at radius 1 is 1.15 bits per heavy atom. The summed E-state index contributed by atoms with van der Waals surface area (Å²) in [4.78, 5) is 9.40. The molecule has 0 spiro atoms. The van der Waals surface area contributed by atoms with Gasteiger partial charge in [0.05, 0.1) is 0 Å². The Bertz CT molecular complexity index is 629. The molecule has 1 atom stereocenters. The Morgan fingerprint density at radius 3 is 2.67 bits per heavy atom. The van der Waals surface area contributed by atoms with E-state index in [-0.39, 0.29) is 0 Å². The van der Waals surface area contributed by atoms with E-state index in [1.807, 2.05) is 13.1 Å². The third-order valence-electron chi connectivity index (χ3n) is 5.41. The summed E-state index contributed by atoms with van der Waals surface area (Å²) in [5, 5.41) is 6.86. The SMILES string of the molecule is CCN1CCN(C(C)CNC(=NC)NCCc2ccc3c(c2)OCO3)CC1. The van der Waals surface area contributed by atoms with Gasteiger partial charge in [0.15, 0.2) is 17.5 Å². The third kappa shape index (κ3) is 5.49. The van der Waals surface area contributed by atoms with Crippen molar-refractivity contribution in [3.05, 3.63) is 23.8 Å². The number of benzene rings is 1. The molecule has 150 valence electrons. The molecule has 2 heterocycles. The summed E-state index contributed by atoms with van der Waals surface area (Å²) in [6, 6.07) is 6.61. The predicted octanol–water partition coefficient (Wildman–Crippen LogP) is 1.15. The Kier molecular flexibility index (Phi) is 7.18. The molecule has 0 aliphatic carbocycles. The van der Waals surface area contributed by atoms with Crippen LogP contribution in [0.4, 0.5) is 0 Å². The summed E-state index contributed by atoms with van der Waals surface area (Å²) in [5.41, 5.74) is 1.23. The predicted molar refractivity (Wildman–Crippen MR) is 109 cm³/mol. The van der Waals surface area contributed by atoms with Crippen molar-refractivity contribution < 1.29 is 9.47 Å². The molecule has 27 heavy (non-hydrogen) atoms. The summed E-state index contributed by atoms with van der Waals surface area (Å²) < 4.78 is 10.8. The number of nitrogens with zero attached hydrogens (tertiary/aromatic N) is 3. The molecule has 2 N–H and O–H groups in total. The smallest absolute Gasteiger partial charge is 0.231 e. The van der Waals surface area contributed by atoms with E-state index in [0.29, 0.717) is 12.8 Å². The minimum Gasteiger partial charge on any atom is -0.454 e. The van der Waals surface area contributed by atoms with Crippen LogP contribution in [0.3, 0.4) is 0 Å². The van der Waals surface area contributed by atoms with E-state index in [2.05, 4.69) is 51.4 Å². The average Bonchev–Trinajstić information content (AvgIpc) is 3.18. The molecule has 1 fully saturated rings. The fraction of sp³-hybridized carbons (Fsp3) is 0.650. The van der Waals surface area contributed by atoms with Crippen molar-refractivity contribution in [3.63, 3.8) is 0 Å². The van der Waals surface area contributed by atoms with Gasteiger partial charge in [-0.25, -0.2) is 0 Å². The highest BCUT2D eigenvalue weighted by Gasteiger charge is 2.20. The third-order valence-corrected chi connectivity index (χ3v) is 5.41. The number of nitrogens with one attached hydrogen (secondary N) is 2. The molecule has 0 aromatic heterocycles. The lowest BCUT2D eigenvalue weighted by molar-refractivity contribution is 0.107. The number of fused-ring (bicyclic) bond motifs is 1. The van der Waals surface area contributed by atoms with Crippen molar-refractivity contribution in [2.45, 2.75) is 26.3 Å². The quantitative estimate of drug-likeness (QED) is 0.551. The van der Waals surface area contributed by atoms with Crippen LogP contribution in [0.5, 0.6) is 11.5 Å². The lowest BCUT2D eigenvalue weighted by atomic mass is 10.1. The molecule has 3 rings (SSSR count). The summed E-state index contributed by atoms with van der Waals surface area (Å²) in [7, 11) is 1.82. The topological polar surface area (TPSA) is 61.4 Å². The van der Waals surface area contributed by atoms with Gasteiger partial charge in [0.2, 0.25) is 6.79 Å². The summed E-state index contributed by atoms with van der Waals surface area (Å²) in [6.45, 7) is 12.3. The first-order valence-corrected chi connectivity index (χ1v) is 9.99. The first kappa shape index (κ1) is 19.8. The van der Waals surface area contributed by atoms with E-state index in [1.165, 1.54) is 18.7 Å². The van der Waals surface area contributed by atoms with E-state index in [9.17, 15) is 0 Å². The molecule has 0 amide bonds. The van der Waals surface area contributed by atoms with Gasteiger partial charge in [-0.05, 0) is 37.6 Å². The number of piperazine rings is 1. The normalized spacial score (nSPS) is 19.1. The van der Waals surface area contributed by atoms with Crippen LogP contribution in [-0.2, 0) is 6.42 Å². The standard InChI is InChI=1S/C20H33N5O2/c1-4-24-9-11-25(12-10-24)16(2)14-23-20(21-3)22-8-7-17-5-6-18-19(13-17)27-15-26-18/h5-6,13,16H,4,7-12,14-15H2,1-3H3,(H2,21,22,23). The average molecular weight is 376 g/mol. The number of hydrogen-bond acceptors (Lipinski definition) is 5. The molecule has 2 aliphatic rings. The number of guanidine groups is 1. The van der Waals surface area contributed by atoms with Gasteiger partial charge in [-0.2, -0.15) is 0 Å². The summed E-state index contributed by atoms with van der Waals surface area (Å²) in [6.07, 6.45) is 0.909. The van der Waals surface area contributed by atoms with Crippen LogP contribution in [0, 0.1) is 0 Å². The van der Waals surface area contributed by atoms with Crippen molar-refractivity contribution in [2.24, 2.45) is 4.99 Å². The van der Waals surface area contributed by atoms with Gasteiger partial charge in [-0.3, -0.25) is 9.89 Å². The highest BCUT2D eigenvalue weighted by Crippen LogP contribution is 2.32. The van der Waals surface area contributed by atoms with Crippen LogP contribution >= 0.6 is 0 Å². The molecule has 1 aromatic carbocycles. The van der Waals surface area contributed by atoms with Gasteiger partial charge < -0.3 is 25.0 Å². The van der Waals surface area contributed by atoms with Crippen LogP contribution in [0.2, 0.25) is 0 Å². The van der Waals surface area contributed by atoms with E-state index >= 15 is 0 Å². The fourth-order valence-electron chi connectivity index (χ4n) is 3.54. The first-order valence-electron chi connectivity index (χ1n) is 9.99. The molecule has 1 unspecified atom stereocenters. The number of rotatable bonds is 7. The molecular weight excluding hydrogens is 342 g/mol. The van der Waals surface area contributed by atoms with Crippen LogP contribution in [0.25, 0.3) is 0 Å². The Balaban J connectivity index is 1.37. The monoisotopic (exact) mass is 375 g/mol. The van der Waals surface area contributed by atoms with E-state index < -0.39 is 0 Å². The maximum absolute atomic E-state index is 5.44. The molecule has 0 radical (unpaired) electrons. The van der Waals surface area contributed by atoms with Crippen LogP contribution < -0.4 is 20.1 Å². The van der Waals surface area contributed by atoms with Crippen molar-refractivity contribution in [3.8, 4) is 11.5 Å². The second-order valence-electron chi connectivity index (χ2n) is 7.14. The molecule has 7 nitrogen and oxygen atoms in total. The molecule has 0 saturated carbocycles. The molecule has 7 heteroatoms. The van der Waals surface area contributed by atoms with Gasteiger partial charge in [-0.15, -0.1) is 0 Å². The van der Waals surface area contributed by atoms with Crippen LogP contribution in [0.1, 0.15) is 19.4 Å². The zero-order valence-corrected chi connectivity index (χ0v) is 16.8. The van der Waals surface area contributed by atoms with Crippen molar-refractivity contribution in [1.29, 1.82) is 0 Å². The van der Waals surface area contributed by atoms with Crippen molar-refractivity contribution in [1.82, 2.24) is 20.4 Å². The number of likely N-dealkylation sites (N-methyl/N-ethyl adjacent to an activating group) is 1. The number of aliphatic imine (C=N–C) groups is 1. The maximum atomic E-state index is 5.44. The van der Waals surface area contributed by atoms with E-state index in [1.54, 1.807) is 0 Å². The Labute approximate surface area is 162 Å². The van der Waals surface area contributed by atoms with Crippen molar-refractivity contribution in [2.75, 3.05) is 59.7 Å². The second-order valence-corrected chi connectivity index (χ2v) is 7.14. The van der Waals surface area contributed by atoms with Gasteiger partial charge in [-0.1, -0.05) is 13.0 Å². The largest absolute Gasteiger partial charge is 0.454 e. The van der Waals surface area contributed by atoms with Crippen LogP contribution in [0.15, 0.2) is 23.2 Å². The molecule has 1 saturated heterocycles. The lowest BCUT2D eigenvalue weighted by Crippen LogP contribution is -2.53. The minimum absolute atomic E-state index is 0.319. The lowest BCUT2D eigenvalue weighted by Gasteiger charge is -2.37. The Hall–Kier alpha value is -1.99. The van der Waals surface area contributed by atoms with Gasteiger partial charge in [0.1, 0.15) is 0 Å². The molecule has 0 bridgehead atoms. The van der Waals surface area contributed by atoms with Gasteiger partial charge >= 0.3 is 0 Å². The highest BCUT2D eigenvalue weighted by atomic mass is 16.7. The Morgan fingerprint density at radius 2 is 1.93 bits per heavy atom. The van der Waals surface area contributed by atoms with Crippen molar-refractivity contribution >= 4 is 5.96 Å². The first-order chi connectivity index (χ1) is 13.2. The maximum Gasteiger partial charge on any atom is 0.231 e. The second kappa shape index (κ2) is 9.80. The zero-order valence-electron chi connectivity index (χ0n) is 16.8. The van der Waals surface area contributed by atoms with E-state index in [4.69, 9.17) is 9.47 Å². The highest BCUT2D eigenvalue weighted by molar-refractivity contribution is 5.79. The van der Waals surface area contributed by atoms with Gasteiger partial charge in [0.25, 0.3) is 0 Å². The van der Waals surface area contributed by atoms with Gasteiger partial charge in [0, 0.05) is 52.4 Å². The molecule has 2 aliphatic heterocycles. The van der Waals surface area contributed by atoms with Crippen LogP contribution in [-0.4, -0.2) is 81.5 Å². The van der Waals surface area contributed by atoms with E-state index in [0.717, 1.165) is 56.6 Å².